The van der Waals surface area contributed by atoms with E-state index < -0.39 is 0 Å². The Morgan fingerprint density at radius 2 is 2.16 bits per heavy atom. The summed E-state index contributed by atoms with van der Waals surface area (Å²) in [5, 5.41) is 3.43. The van der Waals surface area contributed by atoms with Crippen LogP contribution < -0.4 is 10.7 Å². The number of aromatic nitrogens is 1. The summed E-state index contributed by atoms with van der Waals surface area (Å²) in [6, 6.07) is 5.70. The fraction of sp³-hybridized carbons (Fsp3) is 0.474. The maximum Gasteiger partial charge on any atom is 0.256 e. The SMILES string of the molecule is Cc1ccc2c(c1)c(=O)c(C(=O)NCCC1CN(C)CCO1)cn2C. The Balaban J connectivity index is 1.72. The first-order valence-corrected chi connectivity index (χ1v) is 8.64. The highest BCUT2D eigenvalue weighted by Crippen LogP contribution is 2.13. The highest BCUT2D eigenvalue weighted by molar-refractivity contribution is 5.97. The number of carbonyl (C=O) groups is 1. The quantitative estimate of drug-likeness (QED) is 0.909. The number of benzene rings is 1. The van der Waals surface area contributed by atoms with Gasteiger partial charge >= 0.3 is 0 Å². The summed E-state index contributed by atoms with van der Waals surface area (Å²) >= 11 is 0. The third-order valence-corrected chi connectivity index (χ3v) is 4.68. The average Bonchev–Trinajstić information content (AvgIpc) is 2.58. The number of rotatable bonds is 4. The fourth-order valence-electron chi connectivity index (χ4n) is 3.25. The zero-order valence-electron chi connectivity index (χ0n) is 15.0. The molecular formula is C19H25N3O3. The van der Waals surface area contributed by atoms with Crippen LogP contribution in [0.15, 0.2) is 29.2 Å². The molecule has 1 amide bonds. The number of nitrogens with one attached hydrogen (secondary N) is 1. The lowest BCUT2D eigenvalue weighted by atomic mass is 10.1. The van der Waals surface area contributed by atoms with Crippen molar-refractivity contribution in [2.75, 3.05) is 33.3 Å². The van der Waals surface area contributed by atoms with Gasteiger partial charge in [0, 0.05) is 38.3 Å². The molecule has 25 heavy (non-hydrogen) atoms. The molecule has 1 unspecified atom stereocenters. The molecular weight excluding hydrogens is 318 g/mol. The number of amides is 1. The van der Waals surface area contributed by atoms with Crippen molar-refractivity contribution in [1.82, 2.24) is 14.8 Å². The number of hydrogen-bond acceptors (Lipinski definition) is 4. The number of carbonyl (C=O) groups excluding carboxylic acids is 1. The summed E-state index contributed by atoms with van der Waals surface area (Å²) in [5.41, 5.74) is 1.79. The molecule has 0 bridgehead atoms. The number of nitrogens with zero attached hydrogens (tertiary/aromatic N) is 2. The van der Waals surface area contributed by atoms with Crippen LogP contribution in [0.3, 0.4) is 0 Å². The van der Waals surface area contributed by atoms with E-state index in [0.717, 1.165) is 37.2 Å². The van der Waals surface area contributed by atoms with Gasteiger partial charge in [-0.3, -0.25) is 9.59 Å². The van der Waals surface area contributed by atoms with Gasteiger partial charge in [0.15, 0.2) is 0 Å². The first kappa shape index (κ1) is 17.6. The number of fused-ring (bicyclic) bond motifs is 1. The molecule has 1 atom stereocenters. The van der Waals surface area contributed by atoms with Gasteiger partial charge in [0.1, 0.15) is 5.56 Å². The molecule has 3 rings (SSSR count). The zero-order valence-corrected chi connectivity index (χ0v) is 15.0. The van der Waals surface area contributed by atoms with Gasteiger partial charge in [-0.25, -0.2) is 0 Å². The molecule has 6 nitrogen and oxygen atoms in total. The molecule has 2 heterocycles. The highest BCUT2D eigenvalue weighted by Gasteiger charge is 2.19. The molecule has 0 spiro atoms. The molecule has 0 radical (unpaired) electrons. The molecule has 1 aromatic heterocycles. The fourth-order valence-corrected chi connectivity index (χ4v) is 3.25. The smallest absolute Gasteiger partial charge is 0.256 e. The lowest BCUT2D eigenvalue weighted by molar-refractivity contribution is -0.0226. The molecule has 1 saturated heterocycles. The molecule has 6 heteroatoms. The van der Waals surface area contributed by atoms with Crippen LogP contribution in [-0.4, -0.2) is 54.8 Å². The van der Waals surface area contributed by atoms with Crippen LogP contribution in [0.5, 0.6) is 0 Å². The Bertz CT molecular complexity index is 844. The second-order valence-electron chi connectivity index (χ2n) is 6.80. The average molecular weight is 343 g/mol. The minimum absolute atomic E-state index is 0.126. The van der Waals surface area contributed by atoms with Gasteiger partial charge in [-0.2, -0.15) is 0 Å². The van der Waals surface area contributed by atoms with Crippen LogP contribution in [0.25, 0.3) is 10.9 Å². The third kappa shape index (κ3) is 3.91. The predicted octanol–water partition coefficient (Wildman–Crippen LogP) is 1.30. The van der Waals surface area contributed by atoms with E-state index in [2.05, 4.69) is 17.3 Å². The zero-order chi connectivity index (χ0) is 18.0. The summed E-state index contributed by atoms with van der Waals surface area (Å²) in [4.78, 5) is 27.4. The topological polar surface area (TPSA) is 63.6 Å². The van der Waals surface area contributed by atoms with Crippen molar-refractivity contribution >= 4 is 16.8 Å². The molecule has 0 saturated carbocycles. The van der Waals surface area contributed by atoms with E-state index in [1.807, 2.05) is 36.7 Å². The van der Waals surface area contributed by atoms with Gasteiger partial charge in [0.25, 0.3) is 5.91 Å². The van der Waals surface area contributed by atoms with Crippen molar-refractivity contribution in [2.24, 2.45) is 7.05 Å². The van der Waals surface area contributed by atoms with Gasteiger partial charge in [-0.1, -0.05) is 11.6 Å². The van der Waals surface area contributed by atoms with E-state index >= 15 is 0 Å². The first-order valence-electron chi connectivity index (χ1n) is 8.64. The number of hydrogen-bond donors (Lipinski definition) is 1. The van der Waals surface area contributed by atoms with Crippen molar-refractivity contribution in [1.29, 1.82) is 0 Å². The molecule has 1 fully saturated rings. The molecule has 1 aliphatic rings. The van der Waals surface area contributed by atoms with E-state index in [9.17, 15) is 9.59 Å². The van der Waals surface area contributed by atoms with Crippen LogP contribution in [0.1, 0.15) is 22.3 Å². The molecule has 2 aromatic rings. The van der Waals surface area contributed by atoms with Crippen molar-refractivity contribution in [3.63, 3.8) is 0 Å². The number of aryl methyl sites for hydroxylation is 2. The number of morpholine rings is 1. The van der Waals surface area contributed by atoms with Crippen molar-refractivity contribution in [3.8, 4) is 0 Å². The number of likely N-dealkylation sites (N-methyl/N-ethyl adjacent to an activating group) is 1. The van der Waals surface area contributed by atoms with E-state index in [0.29, 0.717) is 11.9 Å². The molecule has 1 N–H and O–H groups in total. The second kappa shape index (κ2) is 7.37. The van der Waals surface area contributed by atoms with E-state index in [4.69, 9.17) is 4.74 Å². The van der Waals surface area contributed by atoms with Gasteiger partial charge in [-0.15, -0.1) is 0 Å². The van der Waals surface area contributed by atoms with Crippen LogP contribution in [0.4, 0.5) is 0 Å². The van der Waals surface area contributed by atoms with Gasteiger partial charge in [0.05, 0.1) is 18.2 Å². The Kier molecular flexibility index (Phi) is 5.20. The minimum atomic E-state index is -0.326. The van der Waals surface area contributed by atoms with Gasteiger partial charge in [0.2, 0.25) is 5.43 Å². The van der Waals surface area contributed by atoms with Gasteiger partial charge in [-0.05, 0) is 32.5 Å². The number of ether oxygens (including phenoxy) is 1. The lowest BCUT2D eigenvalue weighted by Gasteiger charge is -2.30. The van der Waals surface area contributed by atoms with E-state index in [1.54, 1.807) is 6.20 Å². The van der Waals surface area contributed by atoms with Crippen molar-refractivity contribution < 1.29 is 9.53 Å². The summed E-state index contributed by atoms with van der Waals surface area (Å²) in [7, 11) is 3.91. The molecule has 1 aliphatic heterocycles. The Morgan fingerprint density at radius 3 is 2.92 bits per heavy atom. The maximum atomic E-state index is 12.7. The second-order valence-corrected chi connectivity index (χ2v) is 6.80. The maximum absolute atomic E-state index is 12.7. The van der Waals surface area contributed by atoms with E-state index in [1.165, 1.54) is 0 Å². The molecule has 0 aliphatic carbocycles. The van der Waals surface area contributed by atoms with Crippen LogP contribution in [0.2, 0.25) is 0 Å². The summed E-state index contributed by atoms with van der Waals surface area (Å²) < 4.78 is 7.51. The lowest BCUT2D eigenvalue weighted by Crippen LogP contribution is -2.41. The standard InChI is InChI=1S/C19H25N3O3/c1-13-4-5-17-15(10-13)18(23)16(12-22(17)3)19(24)20-7-6-14-11-21(2)8-9-25-14/h4-5,10,12,14H,6-9,11H2,1-3H3,(H,20,24). The summed E-state index contributed by atoms with van der Waals surface area (Å²) in [5.74, 6) is -0.326. The first-order chi connectivity index (χ1) is 12.0. The Labute approximate surface area is 147 Å². The molecule has 1 aromatic carbocycles. The van der Waals surface area contributed by atoms with Crippen molar-refractivity contribution in [3.05, 3.63) is 45.7 Å². The highest BCUT2D eigenvalue weighted by atomic mass is 16.5. The summed E-state index contributed by atoms with van der Waals surface area (Å²) in [6.07, 6.45) is 2.48. The minimum Gasteiger partial charge on any atom is -0.375 e. The third-order valence-electron chi connectivity index (χ3n) is 4.68. The van der Waals surface area contributed by atoms with Crippen LogP contribution >= 0.6 is 0 Å². The Morgan fingerprint density at radius 1 is 1.36 bits per heavy atom. The summed E-state index contributed by atoms with van der Waals surface area (Å²) in [6.45, 7) is 4.96. The number of pyridine rings is 1. The Hall–Kier alpha value is -2.18. The van der Waals surface area contributed by atoms with Gasteiger partial charge < -0.3 is 19.5 Å². The van der Waals surface area contributed by atoms with Crippen molar-refractivity contribution in [2.45, 2.75) is 19.4 Å². The molecule has 134 valence electrons. The van der Waals surface area contributed by atoms with Crippen LogP contribution in [-0.2, 0) is 11.8 Å². The van der Waals surface area contributed by atoms with E-state index in [-0.39, 0.29) is 23.0 Å². The predicted molar refractivity (Wildman–Crippen MR) is 98.1 cm³/mol. The van der Waals surface area contributed by atoms with Crippen LogP contribution in [0, 0.1) is 6.92 Å². The normalized spacial score (nSPS) is 18.4. The largest absolute Gasteiger partial charge is 0.375 e. The monoisotopic (exact) mass is 343 g/mol.